The van der Waals surface area contributed by atoms with Crippen molar-refractivity contribution < 1.29 is 4.79 Å². The molecule has 0 aliphatic carbocycles. The average Bonchev–Trinajstić information content (AvgIpc) is 2.23. The van der Waals surface area contributed by atoms with E-state index in [1.165, 1.54) is 6.33 Å². The number of aromatic nitrogens is 2. The fourth-order valence-corrected chi connectivity index (χ4v) is 1.75. The summed E-state index contributed by atoms with van der Waals surface area (Å²) in [5.41, 5.74) is 5.09. The SMILES string of the molecule is CCCC(C)(N)C(=O)Nc1c(Cl)ncnc1Cl. The first-order valence-electron chi connectivity index (χ1n) is 5.15. The van der Waals surface area contributed by atoms with Gasteiger partial charge in [-0.2, -0.15) is 0 Å². The highest BCUT2D eigenvalue weighted by molar-refractivity contribution is 6.38. The Labute approximate surface area is 110 Å². The number of hydrogen-bond acceptors (Lipinski definition) is 4. The van der Waals surface area contributed by atoms with Crippen molar-refractivity contribution in [3.8, 4) is 0 Å². The molecule has 0 fully saturated rings. The molecule has 3 N–H and O–H groups in total. The average molecular weight is 277 g/mol. The first kappa shape index (κ1) is 14.2. The van der Waals surface area contributed by atoms with E-state index in [-0.39, 0.29) is 21.9 Å². The Bertz CT molecular complexity index is 403. The molecule has 1 atom stereocenters. The molecule has 0 spiro atoms. The highest BCUT2D eigenvalue weighted by Crippen LogP contribution is 2.26. The quantitative estimate of drug-likeness (QED) is 0.827. The third-order valence-electron chi connectivity index (χ3n) is 2.28. The van der Waals surface area contributed by atoms with Gasteiger partial charge < -0.3 is 11.1 Å². The minimum atomic E-state index is -0.975. The molecule has 0 aromatic carbocycles. The molecular weight excluding hydrogens is 263 g/mol. The van der Waals surface area contributed by atoms with Gasteiger partial charge in [0, 0.05) is 0 Å². The van der Waals surface area contributed by atoms with Crippen LogP contribution in [0, 0.1) is 0 Å². The molecule has 94 valence electrons. The van der Waals surface area contributed by atoms with Gasteiger partial charge >= 0.3 is 0 Å². The number of nitrogens with zero attached hydrogens (tertiary/aromatic N) is 2. The van der Waals surface area contributed by atoms with Crippen LogP contribution in [0.15, 0.2) is 6.33 Å². The molecule has 0 aliphatic heterocycles. The maximum atomic E-state index is 11.9. The normalized spacial score (nSPS) is 14.2. The third-order valence-corrected chi connectivity index (χ3v) is 2.85. The zero-order valence-electron chi connectivity index (χ0n) is 9.63. The highest BCUT2D eigenvalue weighted by atomic mass is 35.5. The van der Waals surface area contributed by atoms with Gasteiger partial charge in [-0.1, -0.05) is 36.5 Å². The van der Waals surface area contributed by atoms with Crippen molar-refractivity contribution in [1.29, 1.82) is 0 Å². The summed E-state index contributed by atoms with van der Waals surface area (Å²) in [4.78, 5) is 19.4. The highest BCUT2D eigenvalue weighted by Gasteiger charge is 2.28. The van der Waals surface area contributed by atoms with E-state index < -0.39 is 5.54 Å². The van der Waals surface area contributed by atoms with E-state index in [1.54, 1.807) is 6.92 Å². The van der Waals surface area contributed by atoms with Gasteiger partial charge in [0.25, 0.3) is 0 Å². The number of carbonyl (C=O) groups is 1. The first-order chi connectivity index (χ1) is 7.88. The van der Waals surface area contributed by atoms with Crippen LogP contribution in [0.3, 0.4) is 0 Å². The fourth-order valence-electron chi connectivity index (χ4n) is 1.34. The van der Waals surface area contributed by atoms with E-state index in [1.807, 2.05) is 6.92 Å². The third kappa shape index (κ3) is 3.52. The van der Waals surface area contributed by atoms with Crippen LogP contribution in [0.5, 0.6) is 0 Å². The topological polar surface area (TPSA) is 80.9 Å². The van der Waals surface area contributed by atoms with Crippen molar-refractivity contribution in [2.45, 2.75) is 32.2 Å². The molecule has 1 amide bonds. The Hall–Kier alpha value is -0.910. The van der Waals surface area contributed by atoms with Crippen LogP contribution in [-0.4, -0.2) is 21.4 Å². The van der Waals surface area contributed by atoms with Gasteiger partial charge in [0.2, 0.25) is 5.91 Å². The lowest BCUT2D eigenvalue weighted by Crippen LogP contribution is -2.48. The standard InChI is InChI=1S/C10H14Cl2N4O/c1-3-4-10(2,13)9(17)16-6-7(11)14-5-15-8(6)12/h5H,3-4,13H2,1-2H3,(H,16,17). The van der Waals surface area contributed by atoms with Gasteiger partial charge in [0.1, 0.15) is 12.0 Å². The maximum Gasteiger partial charge on any atom is 0.244 e. The Morgan fingerprint density at radius 2 is 2.00 bits per heavy atom. The molecular formula is C10H14Cl2N4O. The van der Waals surface area contributed by atoms with Crippen molar-refractivity contribution >= 4 is 34.8 Å². The van der Waals surface area contributed by atoms with E-state index >= 15 is 0 Å². The van der Waals surface area contributed by atoms with Crippen LogP contribution in [0.4, 0.5) is 5.69 Å². The number of nitrogens with two attached hydrogens (primary N) is 1. The second-order valence-corrected chi connectivity index (χ2v) is 4.67. The Morgan fingerprint density at radius 1 is 1.47 bits per heavy atom. The van der Waals surface area contributed by atoms with E-state index in [4.69, 9.17) is 28.9 Å². The molecule has 0 saturated heterocycles. The number of halogens is 2. The number of carbonyl (C=O) groups excluding carboxylic acids is 1. The molecule has 1 aromatic rings. The Balaban J connectivity index is 2.88. The van der Waals surface area contributed by atoms with Crippen molar-refractivity contribution in [3.63, 3.8) is 0 Å². The molecule has 0 saturated carbocycles. The minimum absolute atomic E-state index is 0.0886. The van der Waals surface area contributed by atoms with Gasteiger partial charge in [-0.25, -0.2) is 9.97 Å². The molecule has 0 radical (unpaired) electrons. The lowest BCUT2D eigenvalue weighted by atomic mass is 9.96. The monoisotopic (exact) mass is 276 g/mol. The van der Waals surface area contributed by atoms with E-state index in [0.29, 0.717) is 6.42 Å². The molecule has 5 nitrogen and oxygen atoms in total. The van der Waals surface area contributed by atoms with E-state index in [2.05, 4.69) is 15.3 Å². The molecule has 1 unspecified atom stereocenters. The Kier molecular flexibility index (Phi) is 4.68. The summed E-state index contributed by atoms with van der Waals surface area (Å²) < 4.78 is 0. The summed E-state index contributed by atoms with van der Waals surface area (Å²) in [5.74, 6) is -0.363. The predicted octanol–water partition coefficient (Wildman–Crippen LogP) is 2.24. The van der Waals surface area contributed by atoms with Crippen LogP contribution in [0.1, 0.15) is 26.7 Å². The molecule has 1 rings (SSSR count). The molecule has 7 heteroatoms. The smallest absolute Gasteiger partial charge is 0.244 e. The number of amides is 1. The molecule has 17 heavy (non-hydrogen) atoms. The number of hydrogen-bond donors (Lipinski definition) is 2. The van der Waals surface area contributed by atoms with Gasteiger partial charge in [0.05, 0.1) is 5.54 Å². The predicted molar refractivity (Wildman–Crippen MR) is 68.2 cm³/mol. The lowest BCUT2D eigenvalue weighted by molar-refractivity contribution is -0.120. The molecule has 1 heterocycles. The lowest BCUT2D eigenvalue weighted by Gasteiger charge is -2.23. The summed E-state index contributed by atoms with van der Waals surface area (Å²) in [6.45, 7) is 3.60. The Morgan fingerprint density at radius 3 is 2.47 bits per heavy atom. The number of nitrogens with one attached hydrogen (secondary N) is 1. The van der Waals surface area contributed by atoms with Gasteiger partial charge in [0.15, 0.2) is 10.3 Å². The first-order valence-corrected chi connectivity index (χ1v) is 5.90. The summed E-state index contributed by atoms with van der Waals surface area (Å²) in [6, 6.07) is 0. The summed E-state index contributed by atoms with van der Waals surface area (Å²) in [7, 11) is 0. The van der Waals surface area contributed by atoms with E-state index in [0.717, 1.165) is 6.42 Å². The largest absolute Gasteiger partial charge is 0.319 e. The van der Waals surface area contributed by atoms with Crippen molar-refractivity contribution in [1.82, 2.24) is 9.97 Å². The minimum Gasteiger partial charge on any atom is -0.319 e. The van der Waals surface area contributed by atoms with Crippen LogP contribution in [0.25, 0.3) is 0 Å². The van der Waals surface area contributed by atoms with Crippen LogP contribution < -0.4 is 11.1 Å². The summed E-state index contributed by atoms with van der Waals surface area (Å²) in [6.07, 6.45) is 2.57. The molecule has 1 aromatic heterocycles. The van der Waals surface area contributed by atoms with Gasteiger partial charge in [-0.15, -0.1) is 0 Å². The number of anilines is 1. The number of rotatable bonds is 4. The molecule has 0 aliphatic rings. The zero-order valence-corrected chi connectivity index (χ0v) is 11.1. The fraction of sp³-hybridized carbons (Fsp3) is 0.500. The van der Waals surface area contributed by atoms with Crippen molar-refractivity contribution in [3.05, 3.63) is 16.6 Å². The second kappa shape index (κ2) is 5.62. The summed E-state index contributed by atoms with van der Waals surface area (Å²) in [5, 5.41) is 2.73. The van der Waals surface area contributed by atoms with Crippen molar-refractivity contribution in [2.24, 2.45) is 5.73 Å². The van der Waals surface area contributed by atoms with Crippen molar-refractivity contribution in [2.75, 3.05) is 5.32 Å². The van der Waals surface area contributed by atoms with Crippen LogP contribution >= 0.6 is 23.2 Å². The maximum absolute atomic E-state index is 11.9. The summed E-state index contributed by atoms with van der Waals surface area (Å²) >= 11 is 11.6. The van der Waals surface area contributed by atoms with Crippen LogP contribution in [0.2, 0.25) is 10.3 Å². The second-order valence-electron chi connectivity index (χ2n) is 3.95. The van der Waals surface area contributed by atoms with Gasteiger partial charge in [-0.05, 0) is 13.3 Å². The van der Waals surface area contributed by atoms with Gasteiger partial charge in [-0.3, -0.25) is 4.79 Å². The zero-order chi connectivity index (χ0) is 13.1. The molecule has 0 bridgehead atoms. The van der Waals surface area contributed by atoms with Crippen LogP contribution in [-0.2, 0) is 4.79 Å². The van der Waals surface area contributed by atoms with E-state index in [9.17, 15) is 4.79 Å².